The monoisotopic (exact) mass is 310 g/mol. The average molecular weight is 310 g/mol. The number of aromatic nitrogens is 3. The van der Waals surface area contributed by atoms with Crippen LogP contribution < -0.4 is 4.90 Å². The van der Waals surface area contributed by atoms with Crippen LogP contribution in [0, 0.1) is 5.82 Å². The molecule has 0 spiro atoms. The first kappa shape index (κ1) is 14.9. The van der Waals surface area contributed by atoms with Crippen LogP contribution in [-0.4, -0.2) is 35.4 Å². The molecule has 1 heterocycles. The van der Waals surface area contributed by atoms with Gasteiger partial charge in [-0.15, -0.1) is 5.10 Å². The molecule has 3 rings (SSSR count). The predicted molar refractivity (Wildman–Crippen MR) is 86.5 cm³/mol. The zero-order valence-corrected chi connectivity index (χ0v) is 12.8. The maximum Gasteiger partial charge on any atom is 0.172 e. The fourth-order valence-corrected chi connectivity index (χ4v) is 2.35. The average Bonchev–Trinajstić information content (AvgIpc) is 2.99. The van der Waals surface area contributed by atoms with E-state index < -0.39 is 0 Å². The van der Waals surface area contributed by atoms with Gasteiger partial charge in [0.25, 0.3) is 0 Å². The Kier molecular flexibility index (Phi) is 3.89. The largest absolute Gasteiger partial charge is 0.378 e. The van der Waals surface area contributed by atoms with Crippen LogP contribution in [0.25, 0.3) is 16.9 Å². The zero-order valence-electron chi connectivity index (χ0n) is 12.8. The standard InChI is InChI=1S/C17H15FN4O/c1-21(2)14-6-8-15(9-7-14)22-17(16(11-23)19-20-22)12-4-3-5-13(18)10-12/h3-11H,1-2H3. The van der Waals surface area contributed by atoms with E-state index in [2.05, 4.69) is 10.3 Å². The van der Waals surface area contributed by atoms with Gasteiger partial charge in [-0.25, -0.2) is 9.07 Å². The number of carbonyl (C=O) groups excluding carboxylic acids is 1. The number of aldehydes is 1. The van der Waals surface area contributed by atoms with Crippen LogP contribution >= 0.6 is 0 Å². The lowest BCUT2D eigenvalue weighted by atomic mass is 10.1. The highest BCUT2D eigenvalue weighted by molar-refractivity contribution is 5.84. The molecule has 0 saturated heterocycles. The summed E-state index contributed by atoms with van der Waals surface area (Å²) in [6.07, 6.45) is 0.623. The Labute approximate surface area is 133 Å². The van der Waals surface area contributed by atoms with E-state index in [0.29, 0.717) is 17.5 Å². The summed E-state index contributed by atoms with van der Waals surface area (Å²) in [4.78, 5) is 13.2. The minimum atomic E-state index is -0.380. The number of nitrogens with zero attached hydrogens (tertiary/aromatic N) is 4. The van der Waals surface area contributed by atoms with E-state index in [1.807, 2.05) is 43.3 Å². The summed E-state index contributed by atoms with van der Waals surface area (Å²) in [6, 6.07) is 13.6. The molecule has 0 radical (unpaired) electrons. The molecule has 1 aromatic heterocycles. The molecule has 0 aliphatic rings. The van der Waals surface area contributed by atoms with Crippen molar-refractivity contribution in [3.8, 4) is 16.9 Å². The molecule has 23 heavy (non-hydrogen) atoms. The first-order valence-corrected chi connectivity index (χ1v) is 7.04. The normalized spacial score (nSPS) is 10.6. The summed E-state index contributed by atoms with van der Waals surface area (Å²) in [6.45, 7) is 0. The van der Waals surface area contributed by atoms with Gasteiger partial charge in [-0.2, -0.15) is 0 Å². The third-order valence-electron chi connectivity index (χ3n) is 3.52. The van der Waals surface area contributed by atoms with Gasteiger partial charge in [0.15, 0.2) is 12.0 Å². The van der Waals surface area contributed by atoms with Gasteiger partial charge in [0.2, 0.25) is 0 Å². The maximum atomic E-state index is 13.5. The van der Waals surface area contributed by atoms with Gasteiger partial charge < -0.3 is 4.90 Å². The van der Waals surface area contributed by atoms with Gasteiger partial charge in [-0.3, -0.25) is 4.79 Å². The van der Waals surface area contributed by atoms with Gasteiger partial charge in [0, 0.05) is 25.3 Å². The van der Waals surface area contributed by atoms with Crippen LogP contribution in [0.3, 0.4) is 0 Å². The zero-order chi connectivity index (χ0) is 16.4. The Morgan fingerprint density at radius 3 is 2.48 bits per heavy atom. The summed E-state index contributed by atoms with van der Waals surface area (Å²) < 4.78 is 15.1. The summed E-state index contributed by atoms with van der Waals surface area (Å²) in [7, 11) is 3.90. The second-order valence-corrected chi connectivity index (χ2v) is 5.27. The Morgan fingerprint density at radius 2 is 1.87 bits per heavy atom. The molecule has 0 amide bonds. The molecular formula is C17H15FN4O. The molecule has 6 heteroatoms. The van der Waals surface area contributed by atoms with Crippen molar-refractivity contribution in [2.24, 2.45) is 0 Å². The second kappa shape index (κ2) is 6.00. The van der Waals surface area contributed by atoms with Crippen molar-refractivity contribution < 1.29 is 9.18 Å². The summed E-state index contributed by atoms with van der Waals surface area (Å²) in [5, 5.41) is 7.92. The summed E-state index contributed by atoms with van der Waals surface area (Å²) >= 11 is 0. The van der Waals surface area contributed by atoms with E-state index in [1.165, 1.54) is 16.8 Å². The molecule has 0 aliphatic carbocycles. The molecule has 0 N–H and O–H groups in total. The number of hydrogen-bond donors (Lipinski definition) is 0. The van der Waals surface area contributed by atoms with E-state index in [-0.39, 0.29) is 11.5 Å². The van der Waals surface area contributed by atoms with Crippen LogP contribution in [0.2, 0.25) is 0 Å². The number of carbonyl (C=O) groups is 1. The topological polar surface area (TPSA) is 51.0 Å². The molecule has 0 saturated carbocycles. The third-order valence-corrected chi connectivity index (χ3v) is 3.52. The van der Waals surface area contributed by atoms with Crippen LogP contribution in [0.5, 0.6) is 0 Å². The van der Waals surface area contributed by atoms with Gasteiger partial charge >= 0.3 is 0 Å². The number of rotatable bonds is 4. The number of anilines is 1. The number of hydrogen-bond acceptors (Lipinski definition) is 4. The van der Waals surface area contributed by atoms with Gasteiger partial charge in [0.05, 0.1) is 5.69 Å². The smallest absolute Gasteiger partial charge is 0.172 e. The highest BCUT2D eigenvalue weighted by Gasteiger charge is 2.16. The molecule has 0 aliphatic heterocycles. The third kappa shape index (κ3) is 2.83. The molecule has 3 aromatic rings. The predicted octanol–water partition coefficient (Wildman–Crippen LogP) is 2.95. The molecule has 2 aromatic carbocycles. The van der Waals surface area contributed by atoms with E-state index in [4.69, 9.17) is 0 Å². The SMILES string of the molecule is CN(C)c1ccc(-n2nnc(C=O)c2-c2cccc(F)c2)cc1. The first-order valence-electron chi connectivity index (χ1n) is 7.04. The molecule has 0 atom stereocenters. The van der Waals surface area contributed by atoms with Crippen molar-refractivity contribution in [1.82, 2.24) is 15.0 Å². The van der Waals surface area contributed by atoms with E-state index in [1.54, 1.807) is 12.1 Å². The Balaban J connectivity index is 2.13. The van der Waals surface area contributed by atoms with Crippen molar-refractivity contribution in [2.75, 3.05) is 19.0 Å². The molecular weight excluding hydrogens is 295 g/mol. The van der Waals surface area contributed by atoms with Crippen molar-refractivity contribution in [3.63, 3.8) is 0 Å². The molecule has 5 nitrogen and oxygen atoms in total. The van der Waals surface area contributed by atoms with Crippen molar-refractivity contribution in [1.29, 1.82) is 0 Å². The minimum absolute atomic E-state index is 0.173. The van der Waals surface area contributed by atoms with Crippen LogP contribution in [0.1, 0.15) is 10.5 Å². The minimum Gasteiger partial charge on any atom is -0.378 e. The molecule has 0 fully saturated rings. The highest BCUT2D eigenvalue weighted by atomic mass is 19.1. The van der Waals surface area contributed by atoms with E-state index in [0.717, 1.165) is 11.4 Å². The lowest BCUT2D eigenvalue weighted by Crippen LogP contribution is -2.08. The Bertz CT molecular complexity index is 840. The lowest BCUT2D eigenvalue weighted by Gasteiger charge is -2.13. The first-order chi connectivity index (χ1) is 11.1. The van der Waals surface area contributed by atoms with Crippen LogP contribution in [0.4, 0.5) is 10.1 Å². The highest BCUT2D eigenvalue weighted by Crippen LogP contribution is 2.26. The summed E-state index contributed by atoms with van der Waals surface area (Å²) in [5.74, 6) is -0.380. The lowest BCUT2D eigenvalue weighted by molar-refractivity contribution is 0.111. The van der Waals surface area contributed by atoms with Crippen molar-refractivity contribution in [2.45, 2.75) is 0 Å². The number of benzene rings is 2. The van der Waals surface area contributed by atoms with Crippen molar-refractivity contribution in [3.05, 3.63) is 60.0 Å². The van der Waals surface area contributed by atoms with Gasteiger partial charge in [0.1, 0.15) is 11.5 Å². The maximum absolute atomic E-state index is 13.5. The van der Waals surface area contributed by atoms with E-state index >= 15 is 0 Å². The molecule has 0 unspecified atom stereocenters. The van der Waals surface area contributed by atoms with Crippen LogP contribution in [0.15, 0.2) is 48.5 Å². The van der Waals surface area contributed by atoms with E-state index in [9.17, 15) is 9.18 Å². The number of halogens is 1. The quantitative estimate of drug-likeness (QED) is 0.695. The van der Waals surface area contributed by atoms with Crippen LogP contribution in [-0.2, 0) is 0 Å². The molecule has 0 bridgehead atoms. The Morgan fingerprint density at radius 1 is 1.13 bits per heavy atom. The fourth-order valence-electron chi connectivity index (χ4n) is 2.35. The van der Waals surface area contributed by atoms with Gasteiger partial charge in [-0.05, 0) is 36.4 Å². The fraction of sp³-hybridized carbons (Fsp3) is 0.118. The summed E-state index contributed by atoms with van der Waals surface area (Å²) in [5.41, 5.74) is 2.98. The van der Waals surface area contributed by atoms with Gasteiger partial charge in [-0.1, -0.05) is 17.3 Å². The Hall–Kier alpha value is -3.02. The second-order valence-electron chi connectivity index (χ2n) is 5.27. The van der Waals surface area contributed by atoms with Crippen molar-refractivity contribution >= 4 is 12.0 Å². The molecule has 116 valence electrons.